The molecule has 0 unspecified atom stereocenters. The molecule has 1 heterocycles. The fourth-order valence-electron chi connectivity index (χ4n) is 6.47. The minimum Gasteiger partial charge on any atom is -0.456 e. The van der Waals surface area contributed by atoms with E-state index in [2.05, 4.69) is 42.5 Å². The Bertz CT molecular complexity index is 2840. The molecule has 200 valence electrons. The van der Waals surface area contributed by atoms with Crippen LogP contribution in [0.5, 0.6) is 0 Å². The largest absolute Gasteiger partial charge is 0.456 e. The van der Waals surface area contributed by atoms with E-state index in [9.17, 15) is 0 Å². The number of hydrogen-bond donors (Lipinski definition) is 0. The van der Waals surface area contributed by atoms with E-state index in [4.69, 9.17) is 14.0 Å². The van der Waals surface area contributed by atoms with Crippen molar-refractivity contribution in [1.29, 1.82) is 0 Å². The lowest BCUT2D eigenvalue weighted by molar-refractivity contribution is 0.669. The Morgan fingerprint density at radius 3 is 1.79 bits per heavy atom. The van der Waals surface area contributed by atoms with Crippen LogP contribution in [0.4, 0.5) is 0 Å². The maximum Gasteiger partial charge on any atom is 0.136 e. The van der Waals surface area contributed by atoms with Crippen molar-refractivity contribution in [2.75, 3.05) is 0 Å². The normalized spacial score (nSPS) is 14.0. The molecule has 9 aromatic rings. The second-order valence-corrected chi connectivity index (χ2v) is 10.7. The number of para-hydroxylation sites is 1. The molecule has 43 heavy (non-hydrogen) atoms. The number of rotatable bonds is 3. The van der Waals surface area contributed by atoms with Crippen molar-refractivity contribution in [1.82, 2.24) is 0 Å². The van der Waals surface area contributed by atoms with E-state index in [-0.39, 0.29) is 46.5 Å². The molecule has 1 aromatic heterocycles. The molecule has 0 radical (unpaired) electrons. The number of fused-ring (bicyclic) bond motifs is 6. The summed E-state index contributed by atoms with van der Waals surface area (Å²) in [5.74, 6) is 0. The molecule has 0 fully saturated rings. The SMILES string of the molecule is [2H]c1c([2H])c([2H])c2c(-c3c4ccccc4c(-c4cccc(-c5ccc6c(c5)oc5ccccc56)c4)c4ccccc34)c([2H])c([2H])c([2H])c2c1[2H]. The second kappa shape index (κ2) is 9.44. The van der Waals surface area contributed by atoms with Crippen molar-refractivity contribution < 1.29 is 14.0 Å². The first kappa shape index (κ1) is 18.0. The lowest BCUT2D eigenvalue weighted by atomic mass is 9.84. The Balaban J connectivity index is 1.35. The van der Waals surface area contributed by atoms with Gasteiger partial charge in [-0.25, -0.2) is 0 Å². The summed E-state index contributed by atoms with van der Waals surface area (Å²) >= 11 is 0. The Kier molecular flexibility index (Phi) is 3.95. The van der Waals surface area contributed by atoms with Gasteiger partial charge >= 0.3 is 0 Å². The van der Waals surface area contributed by atoms with Gasteiger partial charge in [0.05, 0.1) is 9.60 Å². The van der Waals surface area contributed by atoms with Crippen LogP contribution in [0.15, 0.2) is 162 Å². The standard InChI is InChI=1S/C42H26O/c1-2-15-31-27(11-1)12-10-21-34(31)42-37-19-5-3-17-35(37)41(36-18-4-6-20-38(36)42)30-14-9-13-28(25-30)29-23-24-33-32-16-7-8-22-39(32)43-40(33)26-29/h1-26H/i1D,2D,10D,11D,12D,15D,21D. The molecule has 1 nitrogen and oxygen atoms in total. The van der Waals surface area contributed by atoms with Crippen molar-refractivity contribution >= 4 is 54.3 Å². The fraction of sp³-hybridized carbons (Fsp3) is 0. The van der Waals surface area contributed by atoms with Crippen molar-refractivity contribution in [2.45, 2.75) is 0 Å². The molecule has 0 N–H and O–H groups in total. The molecule has 0 bridgehead atoms. The summed E-state index contributed by atoms with van der Waals surface area (Å²) in [6.07, 6.45) is 0. The summed E-state index contributed by atoms with van der Waals surface area (Å²) in [4.78, 5) is 0. The quantitative estimate of drug-likeness (QED) is 0.198. The third kappa shape index (κ3) is 3.72. The topological polar surface area (TPSA) is 13.1 Å². The summed E-state index contributed by atoms with van der Waals surface area (Å²) in [6, 6.07) is 35.7. The van der Waals surface area contributed by atoms with Gasteiger partial charge in [-0.2, -0.15) is 0 Å². The van der Waals surface area contributed by atoms with Gasteiger partial charge in [-0.15, -0.1) is 0 Å². The Hall–Kier alpha value is -5.66. The maximum absolute atomic E-state index is 9.16. The molecule has 0 amide bonds. The van der Waals surface area contributed by atoms with Crippen LogP contribution in [0.2, 0.25) is 0 Å². The number of benzene rings is 8. The average Bonchev–Trinajstić information content (AvgIpc) is 3.52. The highest BCUT2D eigenvalue weighted by atomic mass is 16.3. The van der Waals surface area contributed by atoms with Crippen molar-refractivity contribution in [2.24, 2.45) is 0 Å². The van der Waals surface area contributed by atoms with Crippen molar-refractivity contribution in [3.63, 3.8) is 0 Å². The molecular formula is C42H26O. The summed E-state index contributed by atoms with van der Waals surface area (Å²) in [7, 11) is 0. The van der Waals surface area contributed by atoms with Gasteiger partial charge in [-0.1, -0.05) is 133 Å². The van der Waals surface area contributed by atoms with E-state index in [1.54, 1.807) is 0 Å². The van der Waals surface area contributed by atoms with Gasteiger partial charge < -0.3 is 4.42 Å². The van der Waals surface area contributed by atoms with E-state index in [0.717, 1.165) is 65.7 Å². The minimum absolute atomic E-state index is 0.0571. The van der Waals surface area contributed by atoms with Gasteiger partial charge in [-0.05, 0) is 90.0 Å². The van der Waals surface area contributed by atoms with Crippen LogP contribution in [-0.2, 0) is 0 Å². The zero-order valence-corrected chi connectivity index (χ0v) is 22.9. The highest BCUT2D eigenvalue weighted by Crippen LogP contribution is 2.45. The summed E-state index contributed by atoms with van der Waals surface area (Å²) < 4.78 is 67.2. The Morgan fingerprint density at radius 1 is 0.395 bits per heavy atom. The van der Waals surface area contributed by atoms with Gasteiger partial charge in [-0.3, -0.25) is 0 Å². The lowest BCUT2D eigenvalue weighted by Gasteiger charge is -2.19. The van der Waals surface area contributed by atoms with Crippen LogP contribution in [-0.4, -0.2) is 0 Å². The predicted octanol–water partition coefficient (Wildman–Crippen LogP) is 12.0. The van der Waals surface area contributed by atoms with Gasteiger partial charge in [0.2, 0.25) is 0 Å². The van der Waals surface area contributed by atoms with Crippen LogP contribution in [0.1, 0.15) is 9.60 Å². The molecule has 0 atom stereocenters. The number of hydrogen-bond acceptors (Lipinski definition) is 1. The van der Waals surface area contributed by atoms with E-state index < -0.39 is 12.1 Å². The molecule has 9 rings (SSSR count). The van der Waals surface area contributed by atoms with Gasteiger partial charge in [0.15, 0.2) is 0 Å². The van der Waals surface area contributed by atoms with E-state index in [0.29, 0.717) is 5.56 Å². The third-order valence-electron chi connectivity index (χ3n) is 8.36. The maximum atomic E-state index is 9.16. The van der Waals surface area contributed by atoms with Crippen LogP contribution in [0, 0.1) is 0 Å². The van der Waals surface area contributed by atoms with Gasteiger partial charge in [0.25, 0.3) is 0 Å². The number of furan rings is 1. The molecule has 0 aliphatic heterocycles. The Labute approximate surface area is 259 Å². The zero-order valence-electron chi connectivity index (χ0n) is 29.9. The molecule has 0 saturated carbocycles. The van der Waals surface area contributed by atoms with E-state index >= 15 is 0 Å². The lowest BCUT2D eigenvalue weighted by Crippen LogP contribution is -1.92. The first-order chi connectivity index (χ1) is 24.2. The smallest absolute Gasteiger partial charge is 0.136 e. The molecule has 0 aliphatic rings. The summed E-state index contributed by atoms with van der Waals surface area (Å²) in [6.45, 7) is 0. The first-order valence-corrected chi connectivity index (χ1v) is 14.2. The molecule has 0 spiro atoms. The van der Waals surface area contributed by atoms with E-state index in [1.807, 2.05) is 72.8 Å². The average molecular weight is 554 g/mol. The first-order valence-electron chi connectivity index (χ1n) is 17.7. The van der Waals surface area contributed by atoms with Crippen LogP contribution in [0.3, 0.4) is 0 Å². The van der Waals surface area contributed by atoms with Crippen LogP contribution < -0.4 is 0 Å². The molecule has 1 heteroatoms. The highest BCUT2D eigenvalue weighted by molar-refractivity contribution is 6.23. The van der Waals surface area contributed by atoms with Crippen molar-refractivity contribution in [3.05, 3.63) is 158 Å². The predicted molar refractivity (Wildman–Crippen MR) is 183 cm³/mol. The van der Waals surface area contributed by atoms with Gasteiger partial charge in [0.1, 0.15) is 11.2 Å². The fourth-order valence-corrected chi connectivity index (χ4v) is 6.47. The second-order valence-electron chi connectivity index (χ2n) is 10.7. The summed E-state index contributed by atoms with van der Waals surface area (Å²) in [5, 5.41) is 5.49. The zero-order chi connectivity index (χ0) is 34.4. The van der Waals surface area contributed by atoms with Crippen molar-refractivity contribution in [3.8, 4) is 33.4 Å². The van der Waals surface area contributed by atoms with Gasteiger partial charge in [0, 0.05) is 10.8 Å². The molecule has 0 saturated heterocycles. The molecule has 0 aliphatic carbocycles. The summed E-state index contributed by atoms with van der Waals surface area (Å²) in [5.41, 5.74) is 6.47. The molecular weight excluding hydrogens is 520 g/mol. The van der Waals surface area contributed by atoms with Crippen LogP contribution in [0.25, 0.3) is 87.6 Å². The third-order valence-corrected chi connectivity index (χ3v) is 8.36. The minimum atomic E-state index is -0.469. The highest BCUT2D eigenvalue weighted by Gasteiger charge is 2.18. The monoisotopic (exact) mass is 553 g/mol. The molecule has 8 aromatic carbocycles. The Morgan fingerprint density at radius 2 is 1.00 bits per heavy atom. The van der Waals surface area contributed by atoms with Crippen LogP contribution >= 0.6 is 0 Å². The van der Waals surface area contributed by atoms with E-state index in [1.165, 1.54) is 0 Å².